The Balaban J connectivity index is 5.59. The number of carbonyl (C=O) groups excluding carboxylic acids is 4. The standard InChI is InChI=1S/C42H80N2O8/c1-9-17-21-33(13-5)29-49-39(45)27-37(41(47)51-31-35(15-7)23-19-11-3)43-25-26-44-38(42(48)52-32-36(16-8)24-20-12-4)28-40(46)50-30-34(14-6)22-18-10-2/h33-38,43-44H,9-32H2,1-8H3/t33?,34?,35?,36?,37-,38-/m0/s1. The van der Waals surface area contributed by atoms with Crippen LogP contribution >= 0.6 is 0 Å². The van der Waals surface area contributed by atoms with E-state index in [2.05, 4.69) is 66.0 Å². The highest BCUT2D eigenvalue weighted by Crippen LogP contribution is 2.17. The van der Waals surface area contributed by atoms with E-state index < -0.39 is 36.0 Å². The number of unbranched alkanes of at least 4 members (excludes halogenated alkanes) is 4. The van der Waals surface area contributed by atoms with Gasteiger partial charge in [-0.25, -0.2) is 0 Å². The molecule has 52 heavy (non-hydrogen) atoms. The van der Waals surface area contributed by atoms with Crippen LogP contribution in [0.25, 0.3) is 0 Å². The topological polar surface area (TPSA) is 129 Å². The van der Waals surface area contributed by atoms with E-state index in [9.17, 15) is 19.2 Å². The molecule has 0 aliphatic carbocycles. The van der Waals surface area contributed by atoms with Crippen LogP contribution in [0.15, 0.2) is 0 Å². The van der Waals surface area contributed by atoms with Crippen LogP contribution in [-0.4, -0.2) is 75.5 Å². The molecule has 0 aromatic heterocycles. The van der Waals surface area contributed by atoms with Gasteiger partial charge >= 0.3 is 23.9 Å². The molecule has 0 rings (SSSR count). The van der Waals surface area contributed by atoms with Gasteiger partial charge in [0.2, 0.25) is 0 Å². The third-order valence-corrected chi connectivity index (χ3v) is 10.3. The normalized spacial score (nSPS) is 14.8. The fourth-order valence-corrected chi connectivity index (χ4v) is 6.04. The molecule has 0 aromatic carbocycles. The van der Waals surface area contributed by atoms with Gasteiger partial charge in [-0.15, -0.1) is 0 Å². The number of carbonyl (C=O) groups is 4. The van der Waals surface area contributed by atoms with Gasteiger partial charge in [0.05, 0.1) is 39.3 Å². The van der Waals surface area contributed by atoms with E-state index in [1.54, 1.807) is 0 Å². The van der Waals surface area contributed by atoms with Crippen molar-refractivity contribution < 1.29 is 38.1 Å². The molecule has 0 aliphatic rings. The molecule has 0 aliphatic heterocycles. The van der Waals surface area contributed by atoms with Gasteiger partial charge < -0.3 is 29.6 Å². The van der Waals surface area contributed by atoms with Crippen LogP contribution in [-0.2, 0) is 38.1 Å². The lowest BCUT2D eigenvalue weighted by Crippen LogP contribution is -2.47. The molecule has 0 fully saturated rings. The number of hydrogen-bond donors (Lipinski definition) is 2. The molecule has 6 atom stereocenters. The Morgan fingerprint density at radius 2 is 0.692 bits per heavy atom. The van der Waals surface area contributed by atoms with E-state index in [4.69, 9.17) is 18.9 Å². The third kappa shape index (κ3) is 24.9. The molecule has 0 amide bonds. The molecule has 10 nitrogen and oxygen atoms in total. The maximum atomic E-state index is 13.3. The van der Waals surface area contributed by atoms with Crippen LogP contribution < -0.4 is 10.6 Å². The fourth-order valence-electron chi connectivity index (χ4n) is 6.04. The van der Waals surface area contributed by atoms with Crippen LogP contribution in [0.1, 0.15) is 171 Å². The zero-order chi connectivity index (χ0) is 39.0. The summed E-state index contributed by atoms with van der Waals surface area (Å²) in [6.07, 6.45) is 15.9. The quantitative estimate of drug-likeness (QED) is 0.0370. The summed E-state index contributed by atoms with van der Waals surface area (Å²) in [5.74, 6) is -0.755. The molecule has 0 saturated heterocycles. The maximum Gasteiger partial charge on any atom is 0.323 e. The summed E-state index contributed by atoms with van der Waals surface area (Å²) >= 11 is 0. The Bertz CT molecular complexity index is 844. The van der Waals surface area contributed by atoms with Gasteiger partial charge in [0, 0.05) is 13.1 Å². The maximum absolute atomic E-state index is 13.3. The van der Waals surface area contributed by atoms with Crippen molar-refractivity contribution in [2.75, 3.05) is 39.5 Å². The fraction of sp³-hybridized carbons (Fsp3) is 0.905. The second-order valence-electron chi connectivity index (χ2n) is 14.7. The van der Waals surface area contributed by atoms with Crippen molar-refractivity contribution in [3.8, 4) is 0 Å². The van der Waals surface area contributed by atoms with Crippen LogP contribution in [0.3, 0.4) is 0 Å². The SMILES string of the molecule is CCCCC(CC)COC(=O)C[C@H](NCCN[C@@H](CC(=O)OCC(CC)CCCC)C(=O)OCC(CC)CCCC)C(=O)OCC(CC)CCCC. The number of hydrogen-bond acceptors (Lipinski definition) is 10. The second kappa shape index (κ2) is 33.4. The first-order valence-corrected chi connectivity index (χ1v) is 21.2. The van der Waals surface area contributed by atoms with Crippen LogP contribution in [0, 0.1) is 23.7 Å². The van der Waals surface area contributed by atoms with E-state index in [1.807, 2.05) is 0 Å². The molecule has 0 radical (unpaired) electrons. The van der Waals surface area contributed by atoms with Gasteiger partial charge in [-0.2, -0.15) is 0 Å². The predicted molar refractivity (Wildman–Crippen MR) is 210 cm³/mol. The zero-order valence-corrected chi connectivity index (χ0v) is 34.7. The summed E-state index contributed by atoms with van der Waals surface area (Å²) in [5, 5.41) is 6.32. The zero-order valence-electron chi connectivity index (χ0n) is 34.7. The Morgan fingerprint density at radius 1 is 0.423 bits per heavy atom. The molecule has 10 heteroatoms. The molecule has 2 N–H and O–H groups in total. The molecule has 0 aromatic rings. The first kappa shape index (κ1) is 49.8. The van der Waals surface area contributed by atoms with E-state index in [0.29, 0.717) is 38.3 Å². The van der Waals surface area contributed by atoms with Crippen LogP contribution in [0.4, 0.5) is 0 Å². The first-order valence-electron chi connectivity index (χ1n) is 21.2. The molecular weight excluding hydrogens is 660 g/mol. The average molecular weight is 741 g/mol. The molecule has 4 unspecified atom stereocenters. The summed E-state index contributed by atoms with van der Waals surface area (Å²) < 4.78 is 22.7. The lowest BCUT2D eigenvalue weighted by Gasteiger charge is -2.22. The number of esters is 4. The van der Waals surface area contributed by atoms with Gasteiger partial charge in [0.15, 0.2) is 0 Å². The summed E-state index contributed by atoms with van der Waals surface area (Å²) in [5.41, 5.74) is 0. The molecule has 0 bridgehead atoms. The molecule has 0 heterocycles. The molecule has 0 spiro atoms. The van der Waals surface area contributed by atoms with Crippen LogP contribution in [0.5, 0.6) is 0 Å². The first-order chi connectivity index (χ1) is 25.1. The number of nitrogens with one attached hydrogen (secondary N) is 2. The minimum Gasteiger partial charge on any atom is -0.465 e. The summed E-state index contributed by atoms with van der Waals surface area (Å²) in [6, 6.07) is -1.80. The van der Waals surface area contributed by atoms with Gasteiger partial charge in [-0.3, -0.25) is 19.2 Å². The second-order valence-corrected chi connectivity index (χ2v) is 14.7. The molecular formula is C42H80N2O8. The van der Waals surface area contributed by atoms with Crippen molar-refractivity contribution in [3.05, 3.63) is 0 Å². The van der Waals surface area contributed by atoms with E-state index in [0.717, 1.165) is 103 Å². The highest BCUT2D eigenvalue weighted by molar-refractivity contribution is 5.83. The largest absolute Gasteiger partial charge is 0.465 e. The van der Waals surface area contributed by atoms with E-state index in [1.165, 1.54) is 0 Å². The van der Waals surface area contributed by atoms with E-state index >= 15 is 0 Å². The highest BCUT2D eigenvalue weighted by atomic mass is 16.5. The summed E-state index contributed by atoms with van der Waals surface area (Å²) in [7, 11) is 0. The summed E-state index contributed by atoms with van der Waals surface area (Å²) in [6.45, 7) is 18.7. The Morgan fingerprint density at radius 3 is 0.942 bits per heavy atom. The Hall–Kier alpha value is -2.20. The van der Waals surface area contributed by atoms with Crippen molar-refractivity contribution in [2.45, 2.75) is 183 Å². The average Bonchev–Trinajstić information content (AvgIpc) is 3.15. The van der Waals surface area contributed by atoms with Gasteiger partial charge in [-0.1, -0.05) is 132 Å². The van der Waals surface area contributed by atoms with Gasteiger partial charge in [0.25, 0.3) is 0 Å². The third-order valence-electron chi connectivity index (χ3n) is 10.3. The van der Waals surface area contributed by atoms with Gasteiger partial charge in [-0.05, 0) is 49.4 Å². The van der Waals surface area contributed by atoms with Gasteiger partial charge in [0.1, 0.15) is 12.1 Å². The van der Waals surface area contributed by atoms with Crippen molar-refractivity contribution in [3.63, 3.8) is 0 Å². The highest BCUT2D eigenvalue weighted by Gasteiger charge is 2.28. The van der Waals surface area contributed by atoms with E-state index in [-0.39, 0.29) is 37.8 Å². The summed E-state index contributed by atoms with van der Waals surface area (Å²) in [4.78, 5) is 52.5. The van der Waals surface area contributed by atoms with Crippen LogP contribution in [0.2, 0.25) is 0 Å². The van der Waals surface area contributed by atoms with Crippen molar-refractivity contribution in [1.29, 1.82) is 0 Å². The van der Waals surface area contributed by atoms with Crippen molar-refractivity contribution in [1.82, 2.24) is 10.6 Å². The molecule has 0 saturated carbocycles. The number of ether oxygens (including phenoxy) is 4. The predicted octanol–water partition coefficient (Wildman–Crippen LogP) is 8.72. The minimum atomic E-state index is -0.901. The van der Waals surface area contributed by atoms with Crippen molar-refractivity contribution in [2.24, 2.45) is 23.7 Å². The molecule has 306 valence electrons. The smallest absolute Gasteiger partial charge is 0.323 e. The monoisotopic (exact) mass is 741 g/mol. The Kier molecular flexibility index (Phi) is 32.0. The Labute approximate surface area is 318 Å². The number of rotatable bonds is 35. The lowest BCUT2D eigenvalue weighted by molar-refractivity contribution is -0.154. The van der Waals surface area contributed by atoms with Crippen molar-refractivity contribution >= 4 is 23.9 Å². The minimum absolute atomic E-state index is 0.153. The lowest BCUT2D eigenvalue weighted by atomic mass is 10.0.